The van der Waals surface area contributed by atoms with E-state index in [9.17, 15) is 18.4 Å². The molecule has 1 N–H and O–H groups in total. The van der Waals surface area contributed by atoms with Crippen molar-refractivity contribution < 1.29 is 18.4 Å². The van der Waals surface area contributed by atoms with Gasteiger partial charge in [-0.25, -0.2) is 8.78 Å². The first-order chi connectivity index (χ1) is 15.0. The van der Waals surface area contributed by atoms with Crippen LogP contribution in [0.3, 0.4) is 0 Å². The van der Waals surface area contributed by atoms with Gasteiger partial charge < -0.3 is 10.2 Å². The number of hydrogen-bond acceptors (Lipinski definition) is 2. The Hall–Kier alpha value is -3.54. The SMILES string of the molecule is CCN(CC(=O)Nc1c(F)cccc1F)C(=O)CC(c1ccccc1)c1ccccc1. The van der Waals surface area contributed by atoms with Crippen LogP contribution in [0.4, 0.5) is 14.5 Å². The number of halogens is 2. The third-order valence-corrected chi connectivity index (χ3v) is 5.08. The van der Waals surface area contributed by atoms with Gasteiger partial charge in [0.2, 0.25) is 11.8 Å². The summed E-state index contributed by atoms with van der Waals surface area (Å²) in [4.78, 5) is 26.8. The smallest absolute Gasteiger partial charge is 0.244 e. The first-order valence-electron chi connectivity index (χ1n) is 10.1. The molecule has 3 rings (SSSR count). The molecule has 0 unspecified atom stereocenters. The normalized spacial score (nSPS) is 10.7. The van der Waals surface area contributed by atoms with Gasteiger partial charge in [-0.3, -0.25) is 9.59 Å². The van der Waals surface area contributed by atoms with E-state index in [1.54, 1.807) is 6.92 Å². The molecule has 3 aromatic rings. The molecule has 0 spiro atoms. The molecule has 0 saturated carbocycles. The van der Waals surface area contributed by atoms with E-state index in [4.69, 9.17) is 0 Å². The molecule has 0 saturated heterocycles. The Morgan fingerprint density at radius 1 is 0.839 bits per heavy atom. The van der Waals surface area contributed by atoms with Crippen molar-refractivity contribution in [3.63, 3.8) is 0 Å². The van der Waals surface area contributed by atoms with Crippen LogP contribution >= 0.6 is 0 Å². The summed E-state index contributed by atoms with van der Waals surface area (Å²) in [6.07, 6.45) is 0.170. The molecule has 2 amide bonds. The number of benzene rings is 3. The van der Waals surface area contributed by atoms with Gasteiger partial charge >= 0.3 is 0 Å². The van der Waals surface area contributed by atoms with Gasteiger partial charge in [-0.1, -0.05) is 66.7 Å². The Bertz CT molecular complexity index is 966. The molecule has 0 radical (unpaired) electrons. The van der Waals surface area contributed by atoms with Crippen LogP contribution in [0, 0.1) is 11.6 Å². The summed E-state index contributed by atoms with van der Waals surface area (Å²) < 4.78 is 27.6. The molecule has 0 aliphatic rings. The molecule has 0 aliphatic carbocycles. The zero-order valence-electron chi connectivity index (χ0n) is 17.2. The van der Waals surface area contributed by atoms with Gasteiger partial charge in [-0.2, -0.15) is 0 Å². The largest absolute Gasteiger partial charge is 0.334 e. The Morgan fingerprint density at radius 2 is 1.35 bits per heavy atom. The lowest BCUT2D eigenvalue weighted by Gasteiger charge is -2.24. The van der Waals surface area contributed by atoms with Crippen molar-refractivity contribution in [1.29, 1.82) is 0 Å². The maximum Gasteiger partial charge on any atom is 0.244 e. The van der Waals surface area contributed by atoms with Crippen LogP contribution in [-0.4, -0.2) is 29.8 Å². The van der Waals surface area contributed by atoms with Gasteiger partial charge in [-0.05, 0) is 30.2 Å². The molecule has 0 fully saturated rings. The predicted molar refractivity (Wildman–Crippen MR) is 117 cm³/mol. The van der Waals surface area contributed by atoms with Gasteiger partial charge in [0.15, 0.2) is 0 Å². The van der Waals surface area contributed by atoms with E-state index in [1.165, 1.54) is 11.0 Å². The first kappa shape index (κ1) is 22.2. The standard InChI is InChI=1S/C25H24F2N2O2/c1-2-29(17-23(30)28-25-21(26)14-9-15-22(25)27)24(31)16-20(18-10-5-3-6-11-18)19-12-7-4-8-13-19/h3-15,20H,2,16-17H2,1H3,(H,28,30). The van der Waals surface area contributed by atoms with Crippen LogP contribution in [0.2, 0.25) is 0 Å². The highest BCUT2D eigenvalue weighted by Gasteiger charge is 2.23. The van der Waals surface area contributed by atoms with E-state index < -0.39 is 23.2 Å². The lowest BCUT2D eigenvalue weighted by molar-refractivity contribution is -0.134. The quantitative estimate of drug-likeness (QED) is 0.557. The average molecular weight is 422 g/mol. The first-order valence-corrected chi connectivity index (χ1v) is 10.1. The molecule has 0 heterocycles. The number of likely N-dealkylation sites (N-methyl/N-ethyl adjacent to an activating group) is 1. The minimum Gasteiger partial charge on any atom is -0.334 e. The van der Waals surface area contributed by atoms with Crippen molar-refractivity contribution >= 4 is 17.5 Å². The minimum absolute atomic E-state index is 0.170. The third-order valence-electron chi connectivity index (χ3n) is 5.08. The number of anilines is 1. The molecule has 4 nitrogen and oxygen atoms in total. The van der Waals surface area contributed by atoms with E-state index in [0.29, 0.717) is 6.54 Å². The maximum atomic E-state index is 13.8. The number of amides is 2. The van der Waals surface area contributed by atoms with Crippen LogP contribution in [0.5, 0.6) is 0 Å². The fourth-order valence-corrected chi connectivity index (χ4v) is 3.45. The number of para-hydroxylation sites is 1. The third kappa shape index (κ3) is 5.75. The van der Waals surface area contributed by atoms with Crippen molar-refractivity contribution in [2.45, 2.75) is 19.3 Å². The van der Waals surface area contributed by atoms with E-state index in [1.807, 2.05) is 60.7 Å². The lowest BCUT2D eigenvalue weighted by atomic mass is 9.88. The fraction of sp³-hybridized carbons (Fsp3) is 0.200. The Morgan fingerprint density at radius 3 is 1.84 bits per heavy atom. The molecule has 160 valence electrons. The van der Waals surface area contributed by atoms with Gasteiger partial charge in [0, 0.05) is 18.9 Å². The molecule has 0 bridgehead atoms. The highest BCUT2D eigenvalue weighted by Crippen LogP contribution is 2.28. The number of carbonyl (C=O) groups is 2. The number of nitrogens with zero attached hydrogens (tertiary/aromatic N) is 1. The Kier molecular flexibility index (Phi) is 7.49. The van der Waals surface area contributed by atoms with Crippen molar-refractivity contribution in [3.8, 4) is 0 Å². The number of rotatable bonds is 8. The van der Waals surface area contributed by atoms with Gasteiger partial charge in [0.05, 0.1) is 6.54 Å². The van der Waals surface area contributed by atoms with Crippen LogP contribution in [0.25, 0.3) is 0 Å². The Balaban J connectivity index is 1.73. The van der Waals surface area contributed by atoms with Crippen molar-refractivity contribution in [2.24, 2.45) is 0 Å². The maximum absolute atomic E-state index is 13.8. The summed E-state index contributed by atoms with van der Waals surface area (Å²) in [7, 11) is 0. The van der Waals surface area contributed by atoms with Crippen molar-refractivity contribution in [2.75, 3.05) is 18.4 Å². The molecule has 0 aromatic heterocycles. The summed E-state index contributed by atoms with van der Waals surface area (Å²) in [6.45, 7) is 1.76. The molecular formula is C25H24F2N2O2. The average Bonchev–Trinajstić information content (AvgIpc) is 2.79. The second-order valence-corrected chi connectivity index (χ2v) is 7.13. The number of carbonyl (C=O) groups excluding carboxylic acids is 2. The van der Waals surface area contributed by atoms with E-state index >= 15 is 0 Å². The summed E-state index contributed by atoms with van der Waals surface area (Å²) >= 11 is 0. The van der Waals surface area contributed by atoms with E-state index in [-0.39, 0.29) is 24.8 Å². The predicted octanol–water partition coefficient (Wildman–Crippen LogP) is 4.97. The molecule has 6 heteroatoms. The van der Waals surface area contributed by atoms with Crippen LogP contribution in [0.15, 0.2) is 78.9 Å². The van der Waals surface area contributed by atoms with Crippen LogP contribution < -0.4 is 5.32 Å². The zero-order valence-corrected chi connectivity index (χ0v) is 17.2. The summed E-state index contributed by atoms with van der Waals surface area (Å²) in [6, 6.07) is 22.7. The molecule has 3 aromatic carbocycles. The Labute approximate surface area is 180 Å². The lowest BCUT2D eigenvalue weighted by Crippen LogP contribution is -2.38. The summed E-state index contributed by atoms with van der Waals surface area (Å²) in [5.41, 5.74) is 1.48. The molecule has 0 aliphatic heterocycles. The minimum atomic E-state index is -0.865. The zero-order chi connectivity index (χ0) is 22.2. The molecule has 31 heavy (non-hydrogen) atoms. The second kappa shape index (κ2) is 10.5. The summed E-state index contributed by atoms with van der Waals surface area (Å²) in [5.74, 6) is -2.78. The van der Waals surface area contributed by atoms with Gasteiger partial charge in [-0.15, -0.1) is 0 Å². The van der Waals surface area contributed by atoms with Crippen molar-refractivity contribution in [3.05, 3.63) is 102 Å². The van der Waals surface area contributed by atoms with Crippen LogP contribution in [0.1, 0.15) is 30.4 Å². The van der Waals surface area contributed by atoms with E-state index in [2.05, 4.69) is 5.32 Å². The number of nitrogens with one attached hydrogen (secondary N) is 1. The highest BCUT2D eigenvalue weighted by atomic mass is 19.1. The molecule has 0 atom stereocenters. The summed E-state index contributed by atoms with van der Waals surface area (Å²) in [5, 5.41) is 2.23. The fourth-order valence-electron chi connectivity index (χ4n) is 3.45. The highest BCUT2D eigenvalue weighted by molar-refractivity contribution is 5.94. The topological polar surface area (TPSA) is 49.4 Å². The van der Waals surface area contributed by atoms with Gasteiger partial charge in [0.25, 0.3) is 0 Å². The molecular weight excluding hydrogens is 398 g/mol. The van der Waals surface area contributed by atoms with Crippen LogP contribution in [-0.2, 0) is 9.59 Å². The van der Waals surface area contributed by atoms with Crippen molar-refractivity contribution in [1.82, 2.24) is 4.90 Å². The van der Waals surface area contributed by atoms with Gasteiger partial charge in [0.1, 0.15) is 17.3 Å². The second-order valence-electron chi connectivity index (χ2n) is 7.13. The number of hydrogen-bond donors (Lipinski definition) is 1. The van der Waals surface area contributed by atoms with E-state index in [0.717, 1.165) is 23.3 Å². The monoisotopic (exact) mass is 422 g/mol.